The first-order valence-electron chi connectivity index (χ1n) is 4.72. The van der Waals surface area contributed by atoms with Crippen LogP contribution in [0.4, 0.5) is 5.69 Å². The number of rotatable bonds is 5. The first-order chi connectivity index (χ1) is 7.17. The Bertz CT molecular complexity index is 313. The van der Waals surface area contributed by atoms with Gasteiger partial charge in [-0.2, -0.15) is 0 Å². The van der Waals surface area contributed by atoms with Crippen molar-refractivity contribution in [2.45, 2.75) is 18.1 Å². The number of aryl methyl sites for hydroxylation is 1. The van der Waals surface area contributed by atoms with Crippen LogP contribution in [0.3, 0.4) is 0 Å². The fraction of sp³-hybridized carbons (Fsp3) is 0.455. The van der Waals surface area contributed by atoms with Crippen LogP contribution in [0.1, 0.15) is 5.56 Å². The first-order valence-corrected chi connectivity index (χ1v) is 5.70. The highest BCUT2D eigenvalue weighted by molar-refractivity contribution is 7.99. The van der Waals surface area contributed by atoms with Crippen molar-refractivity contribution in [2.24, 2.45) is 0 Å². The molecule has 0 radical (unpaired) electrons. The first kappa shape index (κ1) is 12.4. The smallest absolute Gasteiger partial charge is 0.166 e. The van der Waals surface area contributed by atoms with Gasteiger partial charge < -0.3 is 15.2 Å². The highest BCUT2D eigenvalue weighted by Gasteiger charge is 2.06. The molecule has 1 aromatic carbocycles. The zero-order chi connectivity index (χ0) is 11.3. The largest absolute Gasteiger partial charge is 0.399 e. The predicted octanol–water partition coefficient (Wildman–Crippen LogP) is 2.29. The van der Waals surface area contributed by atoms with E-state index >= 15 is 0 Å². The zero-order valence-electron chi connectivity index (χ0n) is 9.32. The Labute approximate surface area is 94.9 Å². The lowest BCUT2D eigenvalue weighted by molar-refractivity contribution is -0.0842. The number of ether oxygens (including phenoxy) is 2. The molecule has 1 rings (SSSR count). The summed E-state index contributed by atoms with van der Waals surface area (Å²) in [6, 6.07) is 6.00. The molecule has 0 aliphatic heterocycles. The van der Waals surface area contributed by atoms with Gasteiger partial charge in [0.15, 0.2) is 6.29 Å². The van der Waals surface area contributed by atoms with E-state index < -0.39 is 0 Å². The Hall–Kier alpha value is -0.710. The van der Waals surface area contributed by atoms with Gasteiger partial charge in [0.05, 0.1) is 0 Å². The van der Waals surface area contributed by atoms with E-state index in [2.05, 4.69) is 6.07 Å². The van der Waals surface area contributed by atoms with Gasteiger partial charge in [0.2, 0.25) is 0 Å². The highest BCUT2D eigenvalue weighted by atomic mass is 32.2. The van der Waals surface area contributed by atoms with Crippen LogP contribution in [0.2, 0.25) is 0 Å². The van der Waals surface area contributed by atoms with E-state index in [0.717, 1.165) is 17.0 Å². The van der Waals surface area contributed by atoms with E-state index in [-0.39, 0.29) is 6.29 Å². The van der Waals surface area contributed by atoms with Gasteiger partial charge in [0, 0.05) is 30.6 Å². The molecule has 84 valence electrons. The maximum Gasteiger partial charge on any atom is 0.166 e. The molecule has 0 saturated carbocycles. The predicted molar refractivity (Wildman–Crippen MR) is 64.1 cm³/mol. The minimum absolute atomic E-state index is 0.159. The quantitative estimate of drug-likeness (QED) is 0.476. The Balaban J connectivity index is 2.54. The third-order valence-corrected chi connectivity index (χ3v) is 3.18. The van der Waals surface area contributed by atoms with Crippen molar-refractivity contribution in [1.29, 1.82) is 0 Å². The summed E-state index contributed by atoms with van der Waals surface area (Å²) >= 11 is 1.69. The summed E-state index contributed by atoms with van der Waals surface area (Å²) in [5, 5.41) is 0. The van der Waals surface area contributed by atoms with Crippen molar-refractivity contribution in [2.75, 3.05) is 25.7 Å². The van der Waals surface area contributed by atoms with Gasteiger partial charge in [-0.3, -0.25) is 0 Å². The zero-order valence-corrected chi connectivity index (χ0v) is 10.1. The third-order valence-electron chi connectivity index (χ3n) is 2.15. The summed E-state index contributed by atoms with van der Waals surface area (Å²) in [6.07, 6.45) is -0.159. The molecule has 0 amide bonds. The summed E-state index contributed by atoms with van der Waals surface area (Å²) in [5.41, 5.74) is 7.67. The molecular formula is C11H17NO2S. The second-order valence-electron chi connectivity index (χ2n) is 3.23. The normalized spacial score (nSPS) is 10.9. The average molecular weight is 227 g/mol. The molecule has 0 saturated heterocycles. The van der Waals surface area contributed by atoms with Crippen LogP contribution in [-0.2, 0) is 9.47 Å². The Morgan fingerprint density at radius 3 is 2.53 bits per heavy atom. The summed E-state index contributed by atoms with van der Waals surface area (Å²) in [5.74, 6) is 0.774. The molecular weight excluding hydrogens is 210 g/mol. The molecule has 0 fully saturated rings. The van der Waals surface area contributed by atoms with Gasteiger partial charge >= 0.3 is 0 Å². The highest BCUT2D eigenvalue weighted by Crippen LogP contribution is 2.23. The minimum atomic E-state index is -0.159. The molecule has 0 aromatic heterocycles. The third kappa shape index (κ3) is 3.74. The van der Waals surface area contributed by atoms with Crippen molar-refractivity contribution in [1.82, 2.24) is 0 Å². The fourth-order valence-corrected chi connectivity index (χ4v) is 2.16. The molecule has 15 heavy (non-hydrogen) atoms. The maximum atomic E-state index is 5.74. The lowest BCUT2D eigenvalue weighted by atomic mass is 10.2. The van der Waals surface area contributed by atoms with Crippen LogP contribution < -0.4 is 5.73 Å². The molecule has 2 N–H and O–H groups in total. The number of hydrogen-bond acceptors (Lipinski definition) is 4. The van der Waals surface area contributed by atoms with Crippen LogP contribution in [0, 0.1) is 6.92 Å². The number of benzene rings is 1. The fourth-order valence-electron chi connectivity index (χ4n) is 1.13. The molecule has 0 unspecified atom stereocenters. The minimum Gasteiger partial charge on any atom is -0.399 e. The molecule has 0 heterocycles. The van der Waals surface area contributed by atoms with Crippen molar-refractivity contribution in [3.63, 3.8) is 0 Å². The van der Waals surface area contributed by atoms with Crippen LogP contribution in [0.25, 0.3) is 0 Å². The van der Waals surface area contributed by atoms with E-state index in [0.29, 0.717) is 0 Å². The van der Waals surface area contributed by atoms with Gasteiger partial charge in [-0.25, -0.2) is 0 Å². The van der Waals surface area contributed by atoms with Crippen molar-refractivity contribution >= 4 is 17.4 Å². The van der Waals surface area contributed by atoms with Gasteiger partial charge in [0.1, 0.15) is 0 Å². The standard InChI is InChI=1S/C11H17NO2S/c1-8-6-9(4-5-10(8)12)15-7-11(13-2)14-3/h4-6,11H,7,12H2,1-3H3. The number of nitrogen functional groups attached to an aromatic ring is 1. The number of hydrogen-bond donors (Lipinski definition) is 1. The van der Waals surface area contributed by atoms with E-state index in [1.165, 1.54) is 4.90 Å². The number of thioether (sulfide) groups is 1. The van der Waals surface area contributed by atoms with E-state index in [1.54, 1.807) is 26.0 Å². The Morgan fingerprint density at radius 1 is 1.33 bits per heavy atom. The Morgan fingerprint density at radius 2 is 2.00 bits per heavy atom. The summed E-state index contributed by atoms with van der Waals surface area (Å²) in [4.78, 5) is 1.18. The van der Waals surface area contributed by atoms with Crippen molar-refractivity contribution < 1.29 is 9.47 Å². The molecule has 4 heteroatoms. The van der Waals surface area contributed by atoms with Crippen molar-refractivity contribution in [3.8, 4) is 0 Å². The number of nitrogens with two attached hydrogens (primary N) is 1. The molecule has 0 aliphatic carbocycles. The second-order valence-corrected chi connectivity index (χ2v) is 4.32. The number of methoxy groups -OCH3 is 2. The monoisotopic (exact) mass is 227 g/mol. The molecule has 0 aliphatic rings. The SMILES string of the molecule is COC(CSc1ccc(N)c(C)c1)OC. The second kappa shape index (κ2) is 6.00. The van der Waals surface area contributed by atoms with Gasteiger partial charge in [-0.1, -0.05) is 0 Å². The number of anilines is 1. The summed E-state index contributed by atoms with van der Waals surface area (Å²) < 4.78 is 10.2. The molecule has 1 aromatic rings. The lowest BCUT2D eigenvalue weighted by Crippen LogP contribution is -2.15. The van der Waals surface area contributed by atoms with Crippen LogP contribution >= 0.6 is 11.8 Å². The molecule has 0 atom stereocenters. The summed E-state index contributed by atoms with van der Waals surface area (Å²) in [6.45, 7) is 2.00. The maximum absolute atomic E-state index is 5.74. The van der Waals surface area contributed by atoms with Crippen molar-refractivity contribution in [3.05, 3.63) is 23.8 Å². The average Bonchev–Trinajstić information content (AvgIpc) is 2.24. The van der Waals surface area contributed by atoms with E-state index in [9.17, 15) is 0 Å². The van der Waals surface area contributed by atoms with Gasteiger partial charge in [-0.15, -0.1) is 11.8 Å². The molecule has 0 spiro atoms. The molecule has 3 nitrogen and oxygen atoms in total. The summed E-state index contributed by atoms with van der Waals surface area (Å²) in [7, 11) is 3.28. The molecule has 0 bridgehead atoms. The van der Waals surface area contributed by atoms with Gasteiger partial charge in [0.25, 0.3) is 0 Å². The van der Waals surface area contributed by atoms with E-state index in [1.807, 2.05) is 19.1 Å². The van der Waals surface area contributed by atoms with Gasteiger partial charge in [-0.05, 0) is 30.7 Å². The van der Waals surface area contributed by atoms with Crippen LogP contribution in [0.5, 0.6) is 0 Å². The topological polar surface area (TPSA) is 44.5 Å². The van der Waals surface area contributed by atoms with Crippen LogP contribution in [-0.4, -0.2) is 26.3 Å². The van der Waals surface area contributed by atoms with E-state index in [4.69, 9.17) is 15.2 Å². The lowest BCUT2D eigenvalue weighted by Gasteiger charge is -2.12. The Kier molecular flexibility index (Phi) is 4.94. The van der Waals surface area contributed by atoms with Crippen LogP contribution in [0.15, 0.2) is 23.1 Å².